The van der Waals surface area contributed by atoms with Crippen molar-refractivity contribution in [3.63, 3.8) is 0 Å². The highest BCUT2D eigenvalue weighted by atomic mass is 19.1. The molecule has 2 aromatic rings. The van der Waals surface area contributed by atoms with E-state index in [1.807, 2.05) is 0 Å². The van der Waals surface area contributed by atoms with Crippen molar-refractivity contribution in [2.24, 2.45) is 0 Å². The van der Waals surface area contributed by atoms with Gasteiger partial charge in [0.25, 0.3) is 0 Å². The molecule has 1 aromatic heterocycles. The van der Waals surface area contributed by atoms with Crippen LogP contribution in [-0.2, 0) is 0 Å². The monoisotopic (exact) mass is 247 g/mol. The fourth-order valence-electron chi connectivity index (χ4n) is 1.41. The Morgan fingerprint density at radius 3 is 2.50 bits per heavy atom. The number of nitrogens with zero attached hydrogens (tertiary/aromatic N) is 2. The van der Waals surface area contributed by atoms with E-state index in [0.29, 0.717) is 11.4 Å². The maximum atomic E-state index is 12.8. The minimum atomic E-state index is -1.14. The second-order valence-corrected chi connectivity index (χ2v) is 3.52. The summed E-state index contributed by atoms with van der Waals surface area (Å²) in [6.07, 6.45) is 0. The Morgan fingerprint density at radius 1 is 1.28 bits per heavy atom. The van der Waals surface area contributed by atoms with Gasteiger partial charge in [0.15, 0.2) is 11.5 Å². The predicted octanol–water partition coefficient (Wildman–Crippen LogP) is 2.02. The number of anilines is 1. The van der Waals surface area contributed by atoms with Gasteiger partial charge in [0.1, 0.15) is 11.6 Å². The van der Waals surface area contributed by atoms with Gasteiger partial charge in [-0.15, -0.1) is 0 Å². The van der Waals surface area contributed by atoms with E-state index in [-0.39, 0.29) is 17.3 Å². The molecule has 1 heterocycles. The molecule has 0 fully saturated rings. The largest absolute Gasteiger partial charge is 0.477 e. The van der Waals surface area contributed by atoms with Crippen LogP contribution < -0.4 is 5.32 Å². The van der Waals surface area contributed by atoms with Crippen LogP contribution in [0.5, 0.6) is 0 Å². The topological polar surface area (TPSA) is 75.1 Å². The lowest BCUT2D eigenvalue weighted by Crippen LogP contribution is -2.05. The molecule has 18 heavy (non-hydrogen) atoms. The van der Waals surface area contributed by atoms with Crippen molar-refractivity contribution in [1.82, 2.24) is 9.97 Å². The van der Waals surface area contributed by atoms with E-state index >= 15 is 0 Å². The number of aromatic nitrogens is 2. The molecule has 0 saturated heterocycles. The number of hydrogen-bond acceptors (Lipinski definition) is 4. The zero-order valence-electron chi connectivity index (χ0n) is 9.51. The Balaban J connectivity index is 2.52. The standard InChI is InChI=1S/C12H10FN3O2/c1-14-10-6-9(12(17)18)15-11(16-10)7-2-4-8(13)5-3-7/h2-6H,1H3,(H,17,18)(H,14,15,16). The van der Waals surface area contributed by atoms with Crippen LogP contribution in [0.25, 0.3) is 11.4 Å². The highest BCUT2D eigenvalue weighted by Crippen LogP contribution is 2.18. The van der Waals surface area contributed by atoms with Gasteiger partial charge in [0.2, 0.25) is 0 Å². The molecule has 0 spiro atoms. The molecule has 0 aliphatic carbocycles. The second kappa shape index (κ2) is 4.79. The molecule has 0 bridgehead atoms. The maximum Gasteiger partial charge on any atom is 0.354 e. The summed E-state index contributed by atoms with van der Waals surface area (Å²) in [4.78, 5) is 19.0. The van der Waals surface area contributed by atoms with Crippen molar-refractivity contribution in [3.8, 4) is 11.4 Å². The van der Waals surface area contributed by atoms with Gasteiger partial charge in [-0.2, -0.15) is 0 Å². The number of hydrogen-bond donors (Lipinski definition) is 2. The molecular weight excluding hydrogens is 237 g/mol. The molecule has 2 N–H and O–H groups in total. The minimum absolute atomic E-state index is 0.117. The summed E-state index contributed by atoms with van der Waals surface area (Å²) in [7, 11) is 1.63. The van der Waals surface area contributed by atoms with Gasteiger partial charge in [-0.3, -0.25) is 0 Å². The maximum absolute atomic E-state index is 12.8. The van der Waals surface area contributed by atoms with Gasteiger partial charge >= 0.3 is 5.97 Å². The van der Waals surface area contributed by atoms with Gasteiger partial charge in [0, 0.05) is 18.7 Å². The summed E-state index contributed by atoms with van der Waals surface area (Å²) in [6.45, 7) is 0. The van der Waals surface area contributed by atoms with Crippen molar-refractivity contribution >= 4 is 11.8 Å². The summed E-state index contributed by atoms with van der Waals surface area (Å²) < 4.78 is 12.8. The fraction of sp³-hybridized carbons (Fsp3) is 0.0833. The van der Waals surface area contributed by atoms with Crippen LogP contribution in [0.15, 0.2) is 30.3 Å². The van der Waals surface area contributed by atoms with E-state index in [4.69, 9.17) is 5.11 Å². The van der Waals surface area contributed by atoms with Gasteiger partial charge in [-0.05, 0) is 24.3 Å². The third-order valence-corrected chi connectivity index (χ3v) is 2.30. The summed E-state index contributed by atoms with van der Waals surface area (Å²) in [5, 5.41) is 11.7. The number of nitrogens with one attached hydrogen (secondary N) is 1. The SMILES string of the molecule is CNc1cc(C(=O)O)nc(-c2ccc(F)cc2)n1. The summed E-state index contributed by atoms with van der Waals surface area (Å²) in [5.41, 5.74) is 0.435. The lowest BCUT2D eigenvalue weighted by molar-refractivity contribution is 0.0690. The summed E-state index contributed by atoms with van der Waals surface area (Å²) in [6, 6.07) is 6.86. The molecule has 0 aliphatic heterocycles. The molecule has 0 aliphatic rings. The smallest absolute Gasteiger partial charge is 0.354 e. The average molecular weight is 247 g/mol. The summed E-state index contributed by atoms with van der Waals surface area (Å²) >= 11 is 0. The zero-order chi connectivity index (χ0) is 13.1. The first kappa shape index (κ1) is 12.0. The lowest BCUT2D eigenvalue weighted by atomic mass is 10.2. The van der Waals surface area contributed by atoms with Gasteiger partial charge in [-0.25, -0.2) is 19.2 Å². The highest BCUT2D eigenvalue weighted by Gasteiger charge is 2.11. The van der Waals surface area contributed by atoms with Crippen LogP contribution in [0.2, 0.25) is 0 Å². The summed E-state index contributed by atoms with van der Waals surface area (Å²) in [5.74, 6) is -0.889. The van der Waals surface area contributed by atoms with E-state index < -0.39 is 5.97 Å². The van der Waals surface area contributed by atoms with E-state index in [9.17, 15) is 9.18 Å². The van der Waals surface area contributed by atoms with Crippen LogP contribution >= 0.6 is 0 Å². The Labute approximate surface area is 102 Å². The highest BCUT2D eigenvalue weighted by molar-refractivity contribution is 5.86. The Bertz CT molecular complexity index is 584. The molecule has 0 amide bonds. The molecule has 92 valence electrons. The number of benzene rings is 1. The first-order valence-electron chi connectivity index (χ1n) is 5.16. The van der Waals surface area contributed by atoms with Crippen LogP contribution in [0.1, 0.15) is 10.5 Å². The van der Waals surface area contributed by atoms with Gasteiger partial charge < -0.3 is 10.4 Å². The van der Waals surface area contributed by atoms with Crippen LogP contribution in [0, 0.1) is 5.82 Å². The molecule has 0 atom stereocenters. The molecule has 1 aromatic carbocycles. The van der Waals surface area contributed by atoms with Gasteiger partial charge in [0.05, 0.1) is 0 Å². The second-order valence-electron chi connectivity index (χ2n) is 3.52. The predicted molar refractivity (Wildman–Crippen MR) is 63.9 cm³/mol. The Morgan fingerprint density at radius 2 is 1.94 bits per heavy atom. The minimum Gasteiger partial charge on any atom is -0.477 e. The van der Waals surface area contributed by atoms with E-state index in [1.165, 1.54) is 30.3 Å². The first-order valence-corrected chi connectivity index (χ1v) is 5.16. The van der Waals surface area contributed by atoms with Crippen LogP contribution in [0.3, 0.4) is 0 Å². The number of carbonyl (C=O) groups is 1. The van der Waals surface area contributed by atoms with Crippen LogP contribution in [-0.4, -0.2) is 28.1 Å². The Hall–Kier alpha value is -2.50. The third kappa shape index (κ3) is 2.42. The quantitative estimate of drug-likeness (QED) is 0.867. The first-order chi connectivity index (χ1) is 8.60. The van der Waals surface area contributed by atoms with E-state index in [2.05, 4.69) is 15.3 Å². The van der Waals surface area contributed by atoms with E-state index in [1.54, 1.807) is 7.05 Å². The number of carboxylic acids is 1. The number of aromatic carboxylic acids is 1. The number of halogens is 1. The van der Waals surface area contributed by atoms with Crippen molar-refractivity contribution in [2.45, 2.75) is 0 Å². The molecular formula is C12H10FN3O2. The number of rotatable bonds is 3. The molecule has 0 radical (unpaired) electrons. The van der Waals surface area contributed by atoms with Crippen molar-refractivity contribution < 1.29 is 14.3 Å². The average Bonchev–Trinajstić information content (AvgIpc) is 2.39. The molecule has 0 unspecified atom stereocenters. The Kier molecular flexibility index (Phi) is 3.18. The van der Waals surface area contributed by atoms with Crippen molar-refractivity contribution in [1.29, 1.82) is 0 Å². The van der Waals surface area contributed by atoms with Gasteiger partial charge in [-0.1, -0.05) is 0 Å². The van der Waals surface area contributed by atoms with E-state index in [0.717, 1.165) is 0 Å². The lowest BCUT2D eigenvalue weighted by Gasteiger charge is -2.05. The van der Waals surface area contributed by atoms with Crippen molar-refractivity contribution in [2.75, 3.05) is 12.4 Å². The third-order valence-electron chi connectivity index (χ3n) is 2.30. The normalized spacial score (nSPS) is 10.1. The number of carboxylic acid groups (broad SMARTS) is 1. The molecule has 0 saturated carbocycles. The molecule has 5 nitrogen and oxygen atoms in total. The molecule has 2 rings (SSSR count). The van der Waals surface area contributed by atoms with Crippen LogP contribution in [0.4, 0.5) is 10.2 Å². The zero-order valence-corrected chi connectivity index (χ0v) is 9.51. The van der Waals surface area contributed by atoms with Crippen molar-refractivity contribution in [3.05, 3.63) is 41.8 Å². The molecule has 6 heteroatoms. The fourth-order valence-corrected chi connectivity index (χ4v) is 1.41.